The molecule has 1 aromatic carbocycles. The Morgan fingerprint density at radius 2 is 1.83 bits per heavy atom. The van der Waals surface area contributed by atoms with Crippen LogP contribution in [0.25, 0.3) is 0 Å². The highest BCUT2D eigenvalue weighted by Crippen LogP contribution is 2.22. The van der Waals surface area contributed by atoms with Gasteiger partial charge < -0.3 is 0 Å². The van der Waals surface area contributed by atoms with Crippen LogP contribution in [0.4, 0.5) is 8.78 Å². The molecular formula is C9H8F2O. The van der Waals surface area contributed by atoms with Gasteiger partial charge in [-0.1, -0.05) is 12.1 Å². The van der Waals surface area contributed by atoms with Gasteiger partial charge in [0.25, 0.3) is 0 Å². The second-order valence-electron chi connectivity index (χ2n) is 2.70. The molecule has 1 rings (SSSR count). The van der Waals surface area contributed by atoms with Crippen LogP contribution in [0.3, 0.4) is 0 Å². The summed E-state index contributed by atoms with van der Waals surface area (Å²) in [7, 11) is 0. The Bertz CT molecular complexity index is 277. The van der Waals surface area contributed by atoms with E-state index in [-0.39, 0.29) is 11.8 Å². The maximum Gasteiger partial charge on any atom is 0.187 e. The smallest absolute Gasteiger partial charge is 0.187 e. The van der Waals surface area contributed by atoms with Gasteiger partial charge in [0.1, 0.15) is 5.82 Å². The molecule has 0 N–H and O–H groups in total. The summed E-state index contributed by atoms with van der Waals surface area (Å²) in [5.74, 6) is -0.444. The monoisotopic (exact) mass is 170 g/mol. The fourth-order valence-electron chi connectivity index (χ4n) is 0.844. The molecule has 1 atom stereocenters. The molecule has 0 aliphatic rings. The average Bonchev–Trinajstić information content (AvgIpc) is 2.05. The zero-order chi connectivity index (χ0) is 9.19. The Morgan fingerprint density at radius 3 is 2.25 bits per heavy atom. The minimum Gasteiger partial charge on any atom is -0.299 e. The number of halogens is 2. The summed E-state index contributed by atoms with van der Waals surface area (Å²) in [6.45, 7) is 1.13. The lowest BCUT2D eigenvalue weighted by Crippen LogP contribution is -2.16. The number of carbonyl (C=O) groups is 1. The molecule has 1 nitrogen and oxygen atoms in total. The van der Waals surface area contributed by atoms with Gasteiger partial charge in [-0.2, -0.15) is 0 Å². The number of carbonyl (C=O) groups excluding carboxylic acids is 1. The highest BCUT2D eigenvalue weighted by molar-refractivity contribution is 5.65. The summed E-state index contributed by atoms with van der Waals surface area (Å²) >= 11 is 0. The number of aldehydes is 1. The van der Waals surface area contributed by atoms with Gasteiger partial charge in [-0.25, -0.2) is 8.78 Å². The van der Waals surface area contributed by atoms with Crippen LogP contribution in [0.2, 0.25) is 0 Å². The molecule has 0 spiro atoms. The van der Waals surface area contributed by atoms with Crippen molar-refractivity contribution in [3.05, 3.63) is 35.6 Å². The minimum atomic E-state index is -2.02. The predicted octanol–water partition coefficient (Wildman–Crippen LogP) is 2.21. The first-order valence-electron chi connectivity index (χ1n) is 3.47. The van der Waals surface area contributed by atoms with Gasteiger partial charge in [0, 0.05) is 0 Å². The molecular weight excluding hydrogens is 162 g/mol. The van der Waals surface area contributed by atoms with Gasteiger partial charge in [-0.3, -0.25) is 4.79 Å². The molecule has 1 unspecified atom stereocenters. The molecule has 0 amide bonds. The third kappa shape index (κ3) is 1.67. The first-order valence-corrected chi connectivity index (χ1v) is 3.47. The maximum absolute atomic E-state index is 13.2. The summed E-state index contributed by atoms with van der Waals surface area (Å²) in [6, 6.07) is 4.75. The van der Waals surface area contributed by atoms with Crippen molar-refractivity contribution < 1.29 is 13.6 Å². The molecule has 0 bridgehead atoms. The summed E-state index contributed by atoms with van der Waals surface area (Å²) in [5, 5.41) is 0. The number of hydrogen-bond donors (Lipinski definition) is 0. The molecule has 0 radical (unpaired) electrons. The first kappa shape index (κ1) is 8.84. The van der Waals surface area contributed by atoms with E-state index in [1.54, 1.807) is 0 Å². The lowest BCUT2D eigenvalue weighted by atomic mass is 10.00. The molecule has 1 aromatic rings. The summed E-state index contributed by atoms with van der Waals surface area (Å²) in [4.78, 5) is 10.2. The van der Waals surface area contributed by atoms with Crippen molar-refractivity contribution in [3.8, 4) is 0 Å². The van der Waals surface area contributed by atoms with Gasteiger partial charge in [0.05, 0.1) is 0 Å². The Kier molecular flexibility index (Phi) is 2.22. The second-order valence-corrected chi connectivity index (χ2v) is 2.70. The third-order valence-corrected chi connectivity index (χ3v) is 1.63. The van der Waals surface area contributed by atoms with Crippen LogP contribution in [0.5, 0.6) is 0 Å². The number of hydrogen-bond acceptors (Lipinski definition) is 1. The van der Waals surface area contributed by atoms with Gasteiger partial charge in [-0.05, 0) is 24.6 Å². The predicted molar refractivity (Wildman–Crippen MR) is 40.9 cm³/mol. The molecule has 0 aliphatic carbocycles. The lowest BCUT2D eigenvalue weighted by Gasteiger charge is -2.11. The van der Waals surface area contributed by atoms with Crippen molar-refractivity contribution in [1.29, 1.82) is 0 Å². The van der Waals surface area contributed by atoms with Crippen LogP contribution in [0.15, 0.2) is 24.3 Å². The third-order valence-electron chi connectivity index (χ3n) is 1.63. The Morgan fingerprint density at radius 1 is 1.33 bits per heavy atom. The Balaban J connectivity index is 3.04. The topological polar surface area (TPSA) is 17.1 Å². The van der Waals surface area contributed by atoms with Gasteiger partial charge in [0.15, 0.2) is 12.0 Å². The van der Waals surface area contributed by atoms with E-state index in [0.29, 0.717) is 0 Å². The molecule has 0 saturated heterocycles. The van der Waals surface area contributed by atoms with Crippen molar-refractivity contribution in [2.24, 2.45) is 0 Å². The summed E-state index contributed by atoms with van der Waals surface area (Å²) < 4.78 is 25.6. The van der Waals surface area contributed by atoms with E-state index in [1.165, 1.54) is 12.1 Å². The van der Waals surface area contributed by atoms with Crippen LogP contribution < -0.4 is 0 Å². The summed E-state index contributed by atoms with van der Waals surface area (Å²) in [5.41, 5.74) is -1.85. The zero-order valence-corrected chi connectivity index (χ0v) is 6.55. The quantitative estimate of drug-likeness (QED) is 0.622. The van der Waals surface area contributed by atoms with Gasteiger partial charge in [-0.15, -0.1) is 0 Å². The molecule has 0 fully saturated rings. The van der Waals surface area contributed by atoms with Crippen LogP contribution in [-0.4, -0.2) is 6.29 Å². The van der Waals surface area contributed by atoms with E-state index in [4.69, 9.17) is 0 Å². The largest absolute Gasteiger partial charge is 0.299 e. The van der Waals surface area contributed by atoms with Crippen molar-refractivity contribution in [3.63, 3.8) is 0 Å². The van der Waals surface area contributed by atoms with E-state index in [1.807, 2.05) is 0 Å². The van der Waals surface area contributed by atoms with Crippen molar-refractivity contribution in [1.82, 2.24) is 0 Å². The SMILES string of the molecule is CC(F)(C=O)c1ccc(F)cc1. The van der Waals surface area contributed by atoms with Crippen LogP contribution >= 0.6 is 0 Å². The normalized spacial score (nSPS) is 15.2. The number of alkyl halides is 1. The lowest BCUT2D eigenvalue weighted by molar-refractivity contribution is -0.117. The van der Waals surface area contributed by atoms with E-state index in [0.717, 1.165) is 19.1 Å². The van der Waals surface area contributed by atoms with E-state index >= 15 is 0 Å². The standard InChI is InChI=1S/C9H8F2O/c1-9(11,6-12)7-2-4-8(10)5-3-7/h2-6H,1H3. The van der Waals surface area contributed by atoms with Crippen LogP contribution in [0, 0.1) is 5.82 Å². The van der Waals surface area contributed by atoms with E-state index in [2.05, 4.69) is 0 Å². The average molecular weight is 170 g/mol. The fourth-order valence-corrected chi connectivity index (χ4v) is 0.844. The molecule has 3 heteroatoms. The van der Waals surface area contributed by atoms with Crippen LogP contribution in [-0.2, 0) is 10.5 Å². The van der Waals surface area contributed by atoms with E-state index < -0.39 is 11.5 Å². The molecule has 12 heavy (non-hydrogen) atoms. The minimum absolute atomic E-state index is 0.166. The molecule has 0 aliphatic heterocycles. The van der Waals surface area contributed by atoms with Crippen LogP contribution in [0.1, 0.15) is 12.5 Å². The Hall–Kier alpha value is -1.25. The number of rotatable bonds is 2. The molecule has 0 saturated carbocycles. The number of benzene rings is 1. The molecule has 0 aromatic heterocycles. The van der Waals surface area contributed by atoms with Gasteiger partial charge in [0.2, 0.25) is 0 Å². The fraction of sp³-hybridized carbons (Fsp3) is 0.222. The highest BCUT2D eigenvalue weighted by Gasteiger charge is 2.24. The van der Waals surface area contributed by atoms with Crippen molar-refractivity contribution >= 4 is 6.29 Å². The van der Waals surface area contributed by atoms with Gasteiger partial charge >= 0.3 is 0 Å². The molecule has 0 heterocycles. The zero-order valence-electron chi connectivity index (χ0n) is 6.55. The first-order chi connectivity index (χ1) is 5.56. The van der Waals surface area contributed by atoms with Crippen molar-refractivity contribution in [2.75, 3.05) is 0 Å². The highest BCUT2D eigenvalue weighted by atomic mass is 19.1. The summed E-state index contributed by atoms with van der Waals surface area (Å²) in [6.07, 6.45) is 0.195. The van der Waals surface area contributed by atoms with Crippen molar-refractivity contribution in [2.45, 2.75) is 12.6 Å². The maximum atomic E-state index is 13.2. The second kappa shape index (κ2) is 3.01. The Labute approximate surface area is 69.0 Å². The molecule has 64 valence electrons. The van der Waals surface area contributed by atoms with E-state index in [9.17, 15) is 13.6 Å².